The second kappa shape index (κ2) is 8.73. The summed E-state index contributed by atoms with van der Waals surface area (Å²) in [5.74, 6) is -0.0248. The van der Waals surface area contributed by atoms with Crippen LogP contribution in [-0.2, 0) is 4.79 Å². The van der Waals surface area contributed by atoms with Crippen LogP contribution in [0, 0.1) is 19.7 Å². The van der Waals surface area contributed by atoms with Crippen molar-refractivity contribution in [1.29, 1.82) is 0 Å². The van der Waals surface area contributed by atoms with E-state index in [0.717, 1.165) is 11.3 Å². The molecule has 4 aromatic rings. The third-order valence-electron chi connectivity index (χ3n) is 4.57. The number of nitrogens with one attached hydrogen (secondary N) is 1. The minimum atomic E-state index is -0.521. The fourth-order valence-corrected chi connectivity index (χ4v) is 3.81. The van der Waals surface area contributed by atoms with Crippen LogP contribution in [0.5, 0.6) is 0 Å². The van der Waals surface area contributed by atoms with Crippen LogP contribution in [0.4, 0.5) is 10.3 Å². The Morgan fingerprint density at radius 2 is 1.87 bits per heavy atom. The molecule has 0 spiro atoms. The molecule has 7 nitrogen and oxygen atoms in total. The molecule has 0 aliphatic carbocycles. The minimum Gasteiger partial charge on any atom is -0.338 e. The Balaban J connectivity index is 1.68. The number of aromatic nitrogens is 4. The Labute approximate surface area is 182 Å². The molecule has 0 saturated carbocycles. The zero-order chi connectivity index (χ0) is 22.0. The van der Waals surface area contributed by atoms with Crippen molar-refractivity contribution < 1.29 is 13.7 Å². The molecule has 2 aromatic heterocycles. The molecule has 9 heteroatoms. The summed E-state index contributed by atoms with van der Waals surface area (Å²) in [5.41, 5.74) is 2.87. The molecule has 0 saturated heterocycles. The lowest BCUT2D eigenvalue weighted by Gasteiger charge is -2.13. The molecule has 2 aromatic carbocycles. The highest BCUT2D eigenvalue weighted by molar-refractivity contribution is 8.00. The maximum Gasteiger partial charge on any atom is 0.240 e. The van der Waals surface area contributed by atoms with E-state index in [1.807, 2.05) is 31.2 Å². The van der Waals surface area contributed by atoms with Crippen LogP contribution in [0.1, 0.15) is 18.2 Å². The number of hydrogen-bond donors (Lipinski definition) is 1. The molecule has 4 rings (SSSR count). The van der Waals surface area contributed by atoms with Gasteiger partial charge in [-0.2, -0.15) is 0 Å². The van der Waals surface area contributed by atoms with Gasteiger partial charge in [0.25, 0.3) is 0 Å². The summed E-state index contributed by atoms with van der Waals surface area (Å²) in [6, 6.07) is 15.8. The van der Waals surface area contributed by atoms with Gasteiger partial charge in [-0.15, -0.1) is 10.2 Å². The first-order chi connectivity index (χ1) is 14.9. The fourth-order valence-electron chi connectivity index (χ4n) is 2.95. The van der Waals surface area contributed by atoms with E-state index in [4.69, 9.17) is 4.52 Å². The first-order valence-corrected chi connectivity index (χ1v) is 10.5. The van der Waals surface area contributed by atoms with Crippen LogP contribution in [0.3, 0.4) is 0 Å². The van der Waals surface area contributed by atoms with Gasteiger partial charge in [0.05, 0.1) is 16.5 Å². The van der Waals surface area contributed by atoms with Crippen LogP contribution in [0.25, 0.3) is 17.1 Å². The van der Waals surface area contributed by atoms with E-state index in [2.05, 4.69) is 20.7 Å². The quantitative estimate of drug-likeness (QED) is 0.436. The summed E-state index contributed by atoms with van der Waals surface area (Å²) >= 11 is 1.22. The van der Waals surface area contributed by atoms with Gasteiger partial charge >= 0.3 is 0 Å². The molecule has 0 bridgehead atoms. The number of carbonyl (C=O) groups excluding carboxylic acids is 1. The summed E-state index contributed by atoms with van der Waals surface area (Å²) in [6.45, 7) is 5.51. The van der Waals surface area contributed by atoms with Crippen molar-refractivity contribution in [3.63, 3.8) is 0 Å². The number of halogens is 1. The summed E-state index contributed by atoms with van der Waals surface area (Å²) in [4.78, 5) is 12.6. The maximum atomic E-state index is 14.5. The van der Waals surface area contributed by atoms with Gasteiger partial charge in [0, 0.05) is 11.8 Å². The smallest absolute Gasteiger partial charge is 0.240 e. The number of anilines is 1. The van der Waals surface area contributed by atoms with E-state index in [9.17, 15) is 9.18 Å². The average molecular weight is 438 g/mol. The Bertz CT molecular complexity index is 1220. The number of thioether (sulfide) groups is 1. The van der Waals surface area contributed by atoms with Gasteiger partial charge in [-0.3, -0.25) is 14.7 Å². The number of nitrogens with zero attached hydrogens (tertiary/aromatic N) is 4. The van der Waals surface area contributed by atoms with Crippen LogP contribution in [0.15, 0.2) is 64.3 Å². The Morgan fingerprint density at radius 1 is 1.13 bits per heavy atom. The molecule has 1 amide bonds. The summed E-state index contributed by atoms with van der Waals surface area (Å²) in [5, 5.41) is 14.9. The standard InChI is InChI=1S/C22H20FN5O2S/c1-13-8-10-16(11-9-13)28-20(17-6-4-5-7-18(17)23)25-26-22(28)31-15(3)21(29)24-19-12-14(2)27-30-19/h4-12,15H,1-3H3,(H,24,29). The van der Waals surface area contributed by atoms with Crippen LogP contribution < -0.4 is 5.32 Å². The normalized spacial score (nSPS) is 12.0. The average Bonchev–Trinajstić information content (AvgIpc) is 3.35. The van der Waals surface area contributed by atoms with E-state index in [-0.39, 0.29) is 11.8 Å². The Hall–Kier alpha value is -3.46. The number of aryl methyl sites for hydroxylation is 2. The third kappa shape index (κ3) is 4.51. The summed E-state index contributed by atoms with van der Waals surface area (Å²) in [7, 11) is 0. The third-order valence-corrected chi connectivity index (χ3v) is 5.61. The molecule has 0 radical (unpaired) electrons. The van der Waals surface area contributed by atoms with Crippen molar-refractivity contribution >= 4 is 23.6 Å². The molecule has 1 N–H and O–H groups in total. The predicted molar refractivity (Wildman–Crippen MR) is 117 cm³/mol. The van der Waals surface area contributed by atoms with Gasteiger partial charge < -0.3 is 4.52 Å². The zero-order valence-corrected chi connectivity index (χ0v) is 18.0. The van der Waals surface area contributed by atoms with Crippen molar-refractivity contribution in [3.05, 3.63) is 71.7 Å². The molecule has 1 atom stereocenters. The second-order valence-electron chi connectivity index (χ2n) is 7.04. The highest BCUT2D eigenvalue weighted by Gasteiger charge is 2.23. The van der Waals surface area contributed by atoms with E-state index >= 15 is 0 Å². The SMILES string of the molecule is Cc1ccc(-n2c(SC(C)C(=O)Nc3cc(C)no3)nnc2-c2ccccc2F)cc1. The monoisotopic (exact) mass is 437 g/mol. The molecule has 158 valence electrons. The van der Waals surface area contributed by atoms with Crippen LogP contribution in [-0.4, -0.2) is 31.1 Å². The molecule has 2 heterocycles. The van der Waals surface area contributed by atoms with Crippen LogP contribution in [0.2, 0.25) is 0 Å². The second-order valence-corrected chi connectivity index (χ2v) is 8.35. The van der Waals surface area contributed by atoms with Crippen molar-refractivity contribution in [2.24, 2.45) is 0 Å². The lowest BCUT2D eigenvalue weighted by Crippen LogP contribution is -2.22. The minimum absolute atomic E-state index is 0.271. The highest BCUT2D eigenvalue weighted by Crippen LogP contribution is 2.31. The number of amides is 1. The Morgan fingerprint density at radius 3 is 2.55 bits per heavy atom. The lowest BCUT2D eigenvalue weighted by atomic mass is 10.2. The largest absolute Gasteiger partial charge is 0.338 e. The van der Waals surface area contributed by atoms with E-state index in [0.29, 0.717) is 22.2 Å². The van der Waals surface area contributed by atoms with Gasteiger partial charge in [-0.1, -0.05) is 46.7 Å². The molecule has 0 aliphatic heterocycles. The van der Waals surface area contributed by atoms with Gasteiger partial charge in [-0.25, -0.2) is 4.39 Å². The molecule has 31 heavy (non-hydrogen) atoms. The molecule has 0 aliphatic rings. The van der Waals surface area contributed by atoms with E-state index < -0.39 is 11.1 Å². The zero-order valence-electron chi connectivity index (χ0n) is 17.2. The predicted octanol–water partition coefficient (Wildman–Crippen LogP) is 4.80. The number of benzene rings is 2. The molecular weight excluding hydrogens is 417 g/mol. The fraction of sp³-hybridized carbons (Fsp3) is 0.182. The van der Waals surface area contributed by atoms with Crippen molar-refractivity contribution in [3.8, 4) is 17.1 Å². The first kappa shape index (κ1) is 20.8. The Kier molecular flexibility index (Phi) is 5.85. The number of rotatable bonds is 6. The van der Waals surface area contributed by atoms with Crippen molar-refractivity contribution in [2.45, 2.75) is 31.2 Å². The molecule has 0 fully saturated rings. The maximum absolute atomic E-state index is 14.5. The van der Waals surface area contributed by atoms with E-state index in [1.54, 1.807) is 42.7 Å². The summed E-state index contributed by atoms with van der Waals surface area (Å²) in [6.07, 6.45) is 0. The lowest BCUT2D eigenvalue weighted by molar-refractivity contribution is -0.115. The highest BCUT2D eigenvalue weighted by atomic mass is 32.2. The number of carbonyl (C=O) groups is 1. The van der Waals surface area contributed by atoms with Gasteiger partial charge in [-0.05, 0) is 45.0 Å². The molecular formula is C22H20FN5O2S. The number of hydrogen-bond acceptors (Lipinski definition) is 6. The molecule has 1 unspecified atom stereocenters. The summed E-state index contributed by atoms with van der Waals surface area (Å²) < 4.78 is 21.3. The van der Waals surface area contributed by atoms with Crippen molar-refractivity contribution in [2.75, 3.05) is 5.32 Å². The van der Waals surface area contributed by atoms with E-state index in [1.165, 1.54) is 17.8 Å². The topological polar surface area (TPSA) is 85.8 Å². The van der Waals surface area contributed by atoms with Crippen LogP contribution >= 0.6 is 11.8 Å². The first-order valence-electron chi connectivity index (χ1n) is 9.60. The van der Waals surface area contributed by atoms with Gasteiger partial charge in [0.1, 0.15) is 5.82 Å². The van der Waals surface area contributed by atoms with Gasteiger partial charge in [0.2, 0.25) is 11.8 Å². The van der Waals surface area contributed by atoms with Crippen molar-refractivity contribution in [1.82, 2.24) is 19.9 Å². The van der Waals surface area contributed by atoms with Gasteiger partial charge in [0.15, 0.2) is 11.0 Å².